The molecule has 2 atom stereocenters. The third-order valence-corrected chi connectivity index (χ3v) is 4.08. The van der Waals surface area contributed by atoms with Crippen molar-refractivity contribution in [3.63, 3.8) is 0 Å². The maximum absolute atomic E-state index is 11.7. The minimum absolute atomic E-state index is 0.202. The van der Waals surface area contributed by atoms with E-state index in [2.05, 4.69) is 31.0 Å². The van der Waals surface area contributed by atoms with Crippen molar-refractivity contribution in [1.82, 2.24) is 10.2 Å². The van der Waals surface area contributed by atoms with Gasteiger partial charge in [0.25, 0.3) is 0 Å². The molecule has 0 saturated heterocycles. The minimum Gasteiger partial charge on any atom is -0.480 e. The number of hydrogen-bond donors (Lipinski definition) is 2. The van der Waals surface area contributed by atoms with Crippen LogP contribution in [0, 0.1) is 0 Å². The topological polar surface area (TPSA) is 52.6 Å². The number of carboxylic acids is 1. The van der Waals surface area contributed by atoms with E-state index in [0.717, 1.165) is 32.2 Å². The molecule has 0 amide bonds. The summed E-state index contributed by atoms with van der Waals surface area (Å²) in [5.41, 5.74) is -0.723. The van der Waals surface area contributed by atoms with Crippen LogP contribution in [-0.4, -0.2) is 46.2 Å². The van der Waals surface area contributed by atoms with Crippen molar-refractivity contribution in [2.45, 2.75) is 84.0 Å². The van der Waals surface area contributed by atoms with Crippen molar-refractivity contribution in [2.24, 2.45) is 0 Å². The average molecular weight is 270 g/mol. The Morgan fingerprint density at radius 3 is 2.47 bits per heavy atom. The molecule has 0 bridgehead atoms. The predicted octanol–water partition coefficient (Wildman–Crippen LogP) is 2.48. The summed E-state index contributed by atoms with van der Waals surface area (Å²) < 4.78 is 0. The zero-order chi connectivity index (χ0) is 14.6. The van der Waals surface area contributed by atoms with Gasteiger partial charge in [-0.3, -0.25) is 15.0 Å². The Labute approximate surface area is 117 Å². The van der Waals surface area contributed by atoms with Gasteiger partial charge >= 0.3 is 5.97 Å². The van der Waals surface area contributed by atoms with E-state index in [0.29, 0.717) is 12.1 Å². The molecule has 1 aliphatic rings. The van der Waals surface area contributed by atoms with Crippen LogP contribution in [0.5, 0.6) is 0 Å². The Morgan fingerprint density at radius 1 is 1.42 bits per heavy atom. The van der Waals surface area contributed by atoms with Crippen molar-refractivity contribution in [2.75, 3.05) is 6.54 Å². The number of nitrogens with one attached hydrogen (secondary N) is 1. The van der Waals surface area contributed by atoms with E-state index in [-0.39, 0.29) is 6.04 Å². The molecule has 1 fully saturated rings. The Balaban J connectivity index is 2.80. The molecule has 4 nitrogen and oxygen atoms in total. The maximum Gasteiger partial charge on any atom is 0.323 e. The van der Waals surface area contributed by atoms with Crippen molar-refractivity contribution < 1.29 is 9.90 Å². The summed E-state index contributed by atoms with van der Waals surface area (Å²) in [6.07, 6.45) is 3.55. The van der Waals surface area contributed by atoms with E-state index >= 15 is 0 Å². The SMILES string of the molecule is CCCN(C(C)C)C1CCC(NC(C)C)(C(=O)O)C1. The van der Waals surface area contributed by atoms with Crippen LogP contribution in [0.4, 0.5) is 0 Å². The number of carbonyl (C=O) groups is 1. The number of hydrogen-bond acceptors (Lipinski definition) is 3. The number of aliphatic carboxylic acids is 1. The van der Waals surface area contributed by atoms with Crippen LogP contribution >= 0.6 is 0 Å². The van der Waals surface area contributed by atoms with E-state index in [4.69, 9.17) is 0 Å². The largest absolute Gasteiger partial charge is 0.480 e. The standard InChI is InChI=1S/C15H30N2O2/c1-6-9-17(12(4)5)13-7-8-15(10-13,14(18)19)16-11(2)3/h11-13,16H,6-10H2,1-5H3,(H,18,19). The molecule has 112 valence electrons. The van der Waals surface area contributed by atoms with Crippen LogP contribution in [0.2, 0.25) is 0 Å². The van der Waals surface area contributed by atoms with Crippen LogP contribution < -0.4 is 5.32 Å². The highest BCUT2D eigenvalue weighted by Crippen LogP contribution is 2.34. The van der Waals surface area contributed by atoms with Gasteiger partial charge in [0, 0.05) is 18.1 Å². The zero-order valence-corrected chi connectivity index (χ0v) is 13.1. The van der Waals surface area contributed by atoms with Gasteiger partial charge in [-0.25, -0.2) is 0 Å². The molecule has 0 aliphatic heterocycles. The Morgan fingerprint density at radius 2 is 2.05 bits per heavy atom. The molecule has 1 aliphatic carbocycles. The van der Waals surface area contributed by atoms with Crippen molar-refractivity contribution in [3.05, 3.63) is 0 Å². The fourth-order valence-corrected chi connectivity index (χ4v) is 3.36. The first-order valence-corrected chi connectivity index (χ1v) is 7.59. The van der Waals surface area contributed by atoms with E-state index in [9.17, 15) is 9.90 Å². The highest BCUT2D eigenvalue weighted by molar-refractivity contribution is 5.79. The fourth-order valence-electron chi connectivity index (χ4n) is 3.36. The first kappa shape index (κ1) is 16.4. The predicted molar refractivity (Wildman–Crippen MR) is 78.4 cm³/mol. The monoisotopic (exact) mass is 270 g/mol. The molecule has 1 rings (SSSR count). The normalized spacial score (nSPS) is 27.7. The third-order valence-electron chi connectivity index (χ3n) is 4.08. The van der Waals surface area contributed by atoms with E-state index in [1.807, 2.05) is 13.8 Å². The van der Waals surface area contributed by atoms with Gasteiger partial charge < -0.3 is 5.11 Å². The molecule has 0 aromatic rings. The molecule has 2 unspecified atom stereocenters. The van der Waals surface area contributed by atoms with Crippen molar-refractivity contribution >= 4 is 5.97 Å². The summed E-state index contributed by atoms with van der Waals surface area (Å²) in [5, 5.41) is 12.9. The molecule has 19 heavy (non-hydrogen) atoms. The van der Waals surface area contributed by atoms with Gasteiger partial charge in [-0.2, -0.15) is 0 Å². The fraction of sp³-hybridized carbons (Fsp3) is 0.933. The van der Waals surface area contributed by atoms with Gasteiger partial charge in [-0.05, 0) is 59.9 Å². The molecule has 2 N–H and O–H groups in total. The molecule has 0 aromatic carbocycles. The van der Waals surface area contributed by atoms with Gasteiger partial charge in [0.15, 0.2) is 0 Å². The van der Waals surface area contributed by atoms with Crippen molar-refractivity contribution in [3.8, 4) is 0 Å². The highest BCUT2D eigenvalue weighted by atomic mass is 16.4. The zero-order valence-electron chi connectivity index (χ0n) is 13.1. The smallest absolute Gasteiger partial charge is 0.323 e. The summed E-state index contributed by atoms with van der Waals surface area (Å²) in [6, 6.07) is 1.07. The van der Waals surface area contributed by atoms with Crippen LogP contribution in [0.1, 0.15) is 60.3 Å². The quantitative estimate of drug-likeness (QED) is 0.746. The van der Waals surface area contributed by atoms with Gasteiger partial charge in [-0.1, -0.05) is 6.92 Å². The van der Waals surface area contributed by atoms with E-state index in [1.165, 1.54) is 0 Å². The van der Waals surface area contributed by atoms with Gasteiger partial charge in [0.05, 0.1) is 0 Å². The van der Waals surface area contributed by atoms with Crippen molar-refractivity contribution in [1.29, 1.82) is 0 Å². The second-order valence-corrected chi connectivity index (χ2v) is 6.41. The molecule has 0 aromatic heterocycles. The van der Waals surface area contributed by atoms with Gasteiger partial charge in [0.1, 0.15) is 5.54 Å². The lowest BCUT2D eigenvalue weighted by Gasteiger charge is -2.34. The summed E-state index contributed by atoms with van der Waals surface area (Å²) >= 11 is 0. The number of rotatable bonds is 7. The lowest BCUT2D eigenvalue weighted by atomic mass is 9.96. The van der Waals surface area contributed by atoms with Crippen LogP contribution in [0.25, 0.3) is 0 Å². The number of nitrogens with zero attached hydrogens (tertiary/aromatic N) is 1. The molecular formula is C15H30N2O2. The average Bonchev–Trinajstić information content (AvgIpc) is 2.69. The van der Waals surface area contributed by atoms with E-state index < -0.39 is 11.5 Å². The molecule has 0 heterocycles. The lowest BCUT2D eigenvalue weighted by Crippen LogP contribution is -2.54. The maximum atomic E-state index is 11.7. The first-order valence-electron chi connectivity index (χ1n) is 7.59. The Bertz CT molecular complexity index is 305. The summed E-state index contributed by atoms with van der Waals surface area (Å²) in [4.78, 5) is 14.1. The lowest BCUT2D eigenvalue weighted by molar-refractivity contribution is -0.145. The van der Waals surface area contributed by atoms with Gasteiger partial charge in [-0.15, -0.1) is 0 Å². The second kappa shape index (κ2) is 6.71. The second-order valence-electron chi connectivity index (χ2n) is 6.41. The summed E-state index contributed by atoms with van der Waals surface area (Å²) in [7, 11) is 0. The highest BCUT2D eigenvalue weighted by Gasteiger charge is 2.47. The molecular weight excluding hydrogens is 240 g/mol. The number of carboxylic acid groups (broad SMARTS) is 1. The van der Waals surface area contributed by atoms with Gasteiger partial charge in [0.2, 0.25) is 0 Å². The van der Waals surface area contributed by atoms with Crippen LogP contribution in [0.15, 0.2) is 0 Å². The first-order chi connectivity index (χ1) is 8.82. The Hall–Kier alpha value is -0.610. The molecule has 4 heteroatoms. The molecule has 0 radical (unpaired) electrons. The summed E-state index contributed by atoms with van der Waals surface area (Å²) in [5.74, 6) is -0.691. The molecule has 1 saturated carbocycles. The summed E-state index contributed by atoms with van der Waals surface area (Å²) in [6.45, 7) is 11.7. The van der Waals surface area contributed by atoms with Crippen LogP contribution in [0.3, 0.4) is 0 Å². The molecule has 0 spiro atoms. The Kier molecular flexibility index (Phi) is 5.81. The van der Waals surface area contributed by atoms with E-state index in [1.54, 1.807) is 0 Å². The third kappa shape index (κ3) is 3.93. The minimum atomic E-state index is -0.723. The van der Waals surface area contributed by atoms with Crippen LogP contribution in [-0.2, 0) is 4.79 Å².